The highest BCUT2D eigenvalue weighted by molar-refractivity contribution is 5.83. The Balaban J connectivity index is 1.86. The molecular weight excluding hydrogens is 339 g/mol. The molecule has 0 aliphatic carbocycles. The molecule has 0 saturated carbocycles. The fourth-order valence-electron chi connectivity index (χ4n) is 3.11. The van der Waals surface area contributed by atoms with Crippen molar-refractivity contribution in [2.45, 2.75) is 6.54 Å². The van der Waals surface area contributed by atoms with Gasteiger partial charge >= 0.3 is 0 Å². The minimum absolute atomic E-state index is 0.318. The first-order valence-corrected chi connectivity index (χ1v) is 8.11. The van der Waals surface area contributed by atoms with Gasteiger partial charge in [0.15, 0.2) is 11.6 Å². The molecule has 0 bridgehead atoms. The molecule has 0 saturated heterocycles. The molecule has 26 heavy (non-hydrogen) atoms. The molecule has 0 amide bonds. The molecule has 1 aliphatic heterocycles. The first-order valence-electron chi connectivity index (χ1n) is 8.11. The van der Waals surface area contributed by atoms with Crippen molar-refractivity contribution in [3.63, 3.8) is 0 Å². The van der Waals surface area contributed by atoms with Crippen LogP contribution in [-0.2, 0) is 6.54 Å². The first kappa shape index (κ1) is 16.5. The number of fused-ring (bicyclic) bond motifs is 1. The van der Waals surface area contributed by atoms with Gasteiger partial charge in [-0.05, 0) is 47.0 Å². The van der Waals surface area contributed by atoms with Crippen LogP contribution >= 0.6 is 0 Å². The van der Waals surface area contributed by atoms with Crippen LogP contribution in [0, 0.1) is 17.5 Å². The van der Waals surface area contributed by atoms with Crippen molar-refractivity contribution in [1.29, 1.82) is 0 Å². The number of rotatable bonds is 2. The number of halogens is 3. The maximum absolute atomic E-state index is 15.2. The molecule has 3 nitrogen and oxygen atoms in total. The highest BCUT2D eigenvalue weighted by atomic mass is 19.2. The van der Waals surface area contributed by atoms with Crippen LogP contribution in [0.15, 0.2) is 54.7 Å². The monoisotopic (exact) mass is 353 g/mol. The van der Waals surface area contributed by atoms with Crippen LogP contribution in [0.25, 0.3) is 16.8 Å². The van der Waals surface area contributed by atoms with Gasteiger partial charge in [-0.2, -0.15) is 10.2 Å². The number of aromatic nitrogens is 2. The summed E-state index contributed by atoms with van der Waals surface area (Å²) in [6, 6.07) is 10.5. The number of nitrogens with one attached hydrogen (secondary N) is 1. The number of hydrogen-bond acceptors (Lipinski definition) is 3. The molecule has 0 fully saturated rings. The number of nitrogens with zero attached hydrogens (tertiary/aromatic N) is 2. The Bertz CT molecular complexity index is 1000. The van der Waals surface area contributed by atoms with E-state index in [4.69, 9.17) is 0 Å². The quantitative estimate of drug-likeness (QED) is 0.754. The van der Waals surface area contributed by atoms with Crippen LogP contribution in [-0.4, -0.2) is 16.7 Å². The Kier molecular flexibility index (Phi) is 4.26. The Hall–Kier alpha value is -2.99. The fraction of sp³-hybridized carbons (Fsp3) is 0.100. The van der Waals surface area contributed by atoms with Gasteiger partial charge in [0.2, 0.25) is 0 Å². The summed E-state index contributed by atoms with van der Waals surface area (Å²) >= 11 is 0. The van der Waals surface area contributed by atoms with Gasteiger partial charge in [0.1, 0.15) is 5.82 Å². The lowest BCUT2D eigenvalue weighted by Gasteiger charge is -2.14. The van der Waals surface area contributed by atoms with E-state index in [0.717, 1.165) is 12.1 Å². The van der Waals surface area contributed by atoms with E-state index in [0.29, 0.717) is 46.6 Å². The molecule has 0 radical (unpaired) electrons. The van der Waals surface area contributed by atoms with Gasteiger partial charge in [0.25, 0.3) is 0 Å². The van der Waals surface area contributed by atoms with Crippen molar-refractivity contribution >= 4 is 5.57 Å². The van der Waals surface area contributed by atoms with Crippen LogP contribution in [0.2, 0.25) is 0 Å². The maximum Gasteiger partial charge on any atom is 0.159 e. The highest BCUT2D eigenvalue weighted by Gasteiger charge is 2.20. The van der Waals surface area contributed by atoms with E-state index < -0.39 is 17.5 Å². The predicted molar refractivity (Wildman–Crippen MR) is 92.6 cm³/mol. The molecular formula is C20H14F3N3. The molecule has 2 aromatic carbocycles. The van der Waals surface area contributed by atoms with Gasteiger partial charge in [-0.3, -0.25) is 0 Å². The summed E-state index contributed by atoms with van der Waals surface area (Å²) in [5.74, 6) is -2.24. The van der Waals surface area contributed by atoms with E-state index in [1.54, 1.807) is 24.3 Å². The molecule has 0 atom stereocenters. The molecule has 3 aromatic rings. The van der Waals surface area contributed by atoms with E-state index in [1.165, 1.54) is 12.3 Å². The van der Waals surface area contributed by atoms with Gasteiger partial charge in [-0.15, -0.1) is 0 Å². The van der Waals surface area contributed by atoms with E-state index in [2.05, 4.69) is 15.5 Å². The lowest BCUT2D eigenvalue weighted by atomic mass is 9.91. The van der Waals surface area contributed by atoms with Gasteiger partial charge in [0, 0.05) is 30.4 Å². The Morgan fingerprint density at radius 1 is 0.923 bits per heavy atom. The maximum atomic E-state index is 15.2. The van der Waals surface area contributed by atoms with Crippen LogP contribution in [0.3, 0.4) is 0 Å². The van der Waals surface area contributed by atoms with E-state index in [9.17, 15) is 8.78 Å². The Morgan fingerprint density at radius 2 is 1.77 bits per heavy atom. The Labute approximate surface area is 148 Å². The molecule has 0 spiro atoms. The van der Waals surface area contributed by atoms with Crippen molar-refractivity contribution in [2.75, 3.05) is 6.54 Å². The third-order valence-corrected chi connectivity index (χ3v) is 4.36. The lowest BCUT2D eigenvalue weighted by molar-refractivity contribution is 0.508. The zero-order valence-electron chi connectivity index (χ0n) is 13.6. The van der Waals surface area contributed by atoms with Crippen molar-refractivity contribution in [3.05, 3.63) is 88.9 Å². The predicted octanol–water partition coefficient (Wildman–Crippen LogP) is 4.10. The molecule has 130 valence electrons. The fourth-order valence-corrected chi connectivity index (χ4v) is 3.11. The Morgan fingerprint density at radius 3 is 2.54 bits per heavy atom. The summed E-state index contributed by atoms with van der Waals surface area (Å²) in [4.78, 5) is 0. The summed E-state index contributed by atoms with van der Waals surface area (Å²) in [6.45, 7) is 0.807. The van der Waals surface area contributed by atoms with Crippen LogP contribution in [0.1, 0.15) is 16.7 Å². The molecule has 4 rings (SSSR count). The van der Waals surface area contributed by atoms with Crippen molar-refractivity contribution in [1.82, 2.24) is 15.5 Å². The van der Waals surface area contributed by atoms with Gasteiger partial charge in [-0.1, -0.05) is 18.2 Å². The molecule has 1 aromatic heterocycles. The van der Waals surface area contributed by atoms with Gasteiger partial charge in [-0.25, -0.2) is 13.2 Å². The SMILES string of the molecule is Fc1ccc(C2=CCNCc3c2ccc(-c2cccnn2)c3F)cc1F. The van der Waals surface area contributed by atoms with Crippen molar-refractivity contribution < 1.29 is 13.2 Å². The molecule has 6 heteroatoms. The summed E-state index contributed by atoms with van der Waals surface area (Å²) < 4.78 is 42.1. The lowest BCUT2D eigenvalue weighted by Crippen LogP contribution is -2.13. The minimum atomic E-state index is -0.932. The smallest absolute Gasteiger partial charge is 0.159 e. The number of hydrogen-bond donors (Lipinski definition) is 1. The number of benzene rings is 2. The summed E-state index contributed by atoms with van der Waals surface area (Å²) in [5, 5.41) is 10.9. The minimum Gasteiger partial charge on any atom is -0.309 e. The molecule has 1 N–H and O–H groups in total. The highest BCUT2D eigenvalue weighted by Crippen LogP contribution is 2.33. The summed E-state index contributed by atoms with van der Waals surface area (Å²) in [5.41, 5.74) is 3.06. The van der Waals surface area contributed by atoms with E-state index in [1.807, 2.05) is 6.08 Å². The second-order valence-corrected chi connectivity index (χ2v) is 5.94. The largest absolute Gasteiger partial charge is 0.309 e. The second kappa shape index (κ2) is 6.72. The first-order chi connectivity index (χ1) is 12.6. The topological polar surface area (TPSA) is 37.8 Å². The normalized spacial score (nSPS) is 13.7. The average molecular weight is 353 g/mol. The van der Waals surface area contributed by atoms with Crippen LogP contribution in [0.4, 0.5) is 13.2 Å². The van der Waals surface area contributed by atoms with Crippen molar-refractivity contribution in [2.24, 2.45) is 0 Å². The third-order valence-electron chi connectivity index (χ3n) is 4.36. The van der Waals surface area contributed by atoms with Crippen LogP contribution in [0.5, 0.6) is 0 Å². The standard InChI is InChI=1S/C20H14F3N3/c21-17-6-3-12(10-18(17)22)13-7-9-24-11-16-14(13)4-5-15(20(16)23)19-2-1-8-25-26-19/h1-8,10,24H,9,11H2. The molecule has 0 unspecified atom stereocenters. The second-order valence-electron chi connectivity index (χ2n) is 5.94. The van der Waals surface area contributed by atoms with E-state index >= 15 is 4.39 Å². The summed E-state index contributed by atoms with van der Waals surface area (Å²) in [7, 11) is 0. The zero-order chi connectivity index (χ0) is 18.1. The van der Waals surface area contributed by atoms with Gasteiger partial charge in [0.05, 0.1) is 5.69 Å². The molecule has 2 heterocycles. The van der Waals surface area contributed by atoms with Crippen molar-refractivity contribution in [3.8, 4) is 11.3 Å². The van der Waals surface area contributed by atoms with Crippen LogP contribution < -0.4 is 5.32 Å². The van der Waals surface area contributed by atoms with Gasteiger partial charge < -0.3 is 5.32 Å². The average Bonchev–Trinajstić information content (AvgIpc) is 2.88. The zero-order valence-corrected chi connectivity index (χ0v) is 13.6. The molecule has 1 aliphatic rings. The third kappa shape index (κ3) is 2.88. The van der Waals surface area contributed by atoms with E-state index in [-0.39, 0.29) is 0 Å². The summed E-state index contributed by atoms with van der Waals surface area (Å²) in [6.07, 6.45) is 3.37.